The van der Waals surface area contributed by atoms with E-state index in [1.165, 1.54) is 5.56 Å². The van der Waals surface area contributed by atoms with Gasteiger partial charge in [0.05, 0.1) is 47.2 Å². The minimum atomic E-state index is -0.765. The highest BCUT2D eigenvalue weighted by molar-refractivity contribution is 5.83. The average molecular weight is 575 g/mol. The van der Waals surface area contributed by atoms with Crippen LogP contribution in [0.3, 0.4) is 0 Å². The molecule has 0 radical (unpaired) electrons. The Hall–Kier alpha value is -4.74. The molecule has 4 aromatic rings. The van der Waals surface area contributed by atoms with Gasteiger partial charge in [-0.15, -0.1) is 0 Å². The SMILES string of the molecule is CC(Cc1ccc(C#N)cc1)(NC(=O)[C@H]1C[C@@H](C(=O)NCc2ccccc2)CN(CCc2ccccc2)C1)c1cnc[nH]1. The van der Waals surface area contributed by atoms with E-state index < -0.39 is 5.54 Å². The van der Waals surface area contributed by atoms with Crippen molar-refractivity contribution in [2.45, 2.75) is 38.3 Å². The zero-order chi connectivity index (χ0) is 30.1. The number of benzene rings is 3. The molecule has 1 aromatic heterocycles. The lowest BCUT2D eigenvalue weighted by molar-refractivity contribution is -0.133. The predicted octanol–water partition coefficient (Wildman–Crippen LogP) is 4.35. The molecule has 1 unspecified atom stereocenters. The van der Waals surface area contributed by atoms with Gasteiger partial charge in [-0.25, -0.2) is 4.98 Å². The van der Waals surface area contributed by atoms with E-state index in [2.05, 4.69) is 43.7 Å². The lowest BCUT2D eigenvalue weighted by Gasteiger charge is -2.38. The lowest BCUT2D eigenvalue weighted by atomic mass is 9.85. The van der Waals surface area contributed by atoms with Gasteiger partial charge in [-0.05, 0) is 48.6 Å². The minimum absolute atomic E-state index is 0.0278. The van der Waals surface area contributed by atoms with Gasteiger partial charge in [0.15, 0.2) is 0 Å². The fourth-order valence-corrected chi connectivity index (χ4v) is 5.86. The van der Waals surface area contributed by atoms with E-state index in [1.807, 2.05) is 67.6 Å². The standard InChI is InChI=1S/C35H38N6O2/c1-35(32-22-37-25-39-32,19-27-12-14-28(20-36)15-13-27)40-34(43)31-18-30(33(42)38-21-29-10-6-3-7-11-29)23-41(24-31)17-16-26-8-4-2-5-9-26/h2-15,22,25,30-31H,16-19,21,23-24H2,1H3,(H,37,39)(H,38,42)(H,40,43)/t30-,31+,35?/m1/s1. The summed E-state index contributed by atoms with van der Waals surface area (Å²) in [6.45, 7) is 4.40. The van der Waals surface area contributed by atoms with Crippen LogP contribution < -0.4 is 10.6 Å². The Labute approximate surface area is 253 Å². The van der Waals surface area contributed by atoms with Gasteiger partial charge in [0.25, 0.3) is 0 Å². The molecular formula is C35H38N6O2. The molecule has 0 saturated carbocycles. The number of aromatic nitrogens is 2. The monoisotopic (exact) mass is 574 g/mol. The van der Waals surface area contributed by atoms with Gasteiger partial charge >= 0.3 is 0 Å². The fraction of sp³-hybridized carbons (Fsp3) is 0.314. The number of nitrogens with zero attached hydrogens (tertiary/aromatic N) is 3. The minimum Gasteiger partial charge on any atom is -0.352 e. The first-order valence-corrected chi connectivity index (χ1v) is 14.8. The van der Waals surface area contributed by atoms with Gasteiger partial charge in [0.2, 0.25) is 11.8 Å². The summed E-state index contributed by atoms with van der Waals surface area (Å²) in [6.07, 6.45) is 5.18. The van der Waals surface area contributed by atoms with Crippen LogP contribution in [0.4, 0.5) is 0 Å². The molecule has 1 fully saturated rings. The highest BCUT2D eigenvalue weighted by atomic mass is 16.2. The molecule has 3 atom stereocenters. The number of nitriles is 1. The normalized spacial score (nSPS) is 18.2. The van der Waals surface area contributed by atoms with Crippen molar-refractivity contribution in [2.75, 3.05) is 19.6 Å². The molecule has 1 aliphatic heterocycles. The summed E-state index contributed by atoms with van der Waals surface area (Å²) in [7, 11) is 0. The first-order chi connectivity index (χ1) is 20.9. The van der Waals surface area contributed by atoms with Crippen molar-refractivity contribution >= 4 is 11.8 Å². The highest BCUT2D eigenvalue weighted by Gasteiger charge is 2.38. The number of carbonyl (C=O) groups excluding carboxylic acids is 2. The number of rotatable bonds is 11. The number of likely N-dealkylation sites (tertiary alicyclic amines) is 1. The number of hydrogen-bond acceptors (Lipinski definition) is 5. The molecule has 3 aromatic carbocycles. The number of aromatic amines is 1. The van der Waals surface area contributed by atoms with Crippen molar-refractivity contribution in [3.8, 4) is 6.07 Å². The predicted molar refractivity (Wildman–Crippen MR) is 165 cm³/mol. The lowest BCUT2D eigenvalue weighted by Crippen LogP contribution is -2.54. The highest BCUT2D eigenvalue weighted by Crippen LogP contribution is 2.28. The maximum atomic E-state index is 14.0. The molecule has 2 heterocycles. The second kappa shape index (κ2) is 14.0. The quantitative estimate of drug-likeness (QED) is 0.247. The molecule has 3 N–H and O–H groups in total. The summed E-state index contributed by atoms with van der Waals surface area (Å²) in [4.78, 5) is 37.1. The third-order valence-electron chi connectivity index (χ3n) is 8.27. The summed E-state index contributed by atoms with van der Waals surface area (Å²) < 4.78 is 0. The molecule has 5 rings (SSSR count). The Morgan fingerprint density at radius 1 is 0.930 bits per heavy atom. The van der Waals surface area contributed by atoms with E-state index in [0.29, 0.717) is 38.0 Å². The molecule has 8 heteroatoms. The van der Waals surface area contributed by atoms with Gasteiger partial charge in [-0.1, -0.05) is 72.8 Å². The molecular weight excluding hydrogens is 536 g/mol. The van der Waals surface area contributed by atoms with Crippen LogP contribution in [0.25, 0.3) is 0 Å². The smallest absolute Gasteiger partial charge is 0.225 e. The van der Waals surface area contributed by atoms with Gasteiger partial charge in [0.1, 0.15) is 0 Å². The van der Waals surface area contributed by atoms with Crippen LogP contribution in [-0.4, -0.2) is 46.3 Å². The number of amides is 2. The topological polar surface area (TPSA) is 114 Å². The van der Waals surface area contributed by atoms with Gasteiger partial charge < -0.3 is 20.5 Å². The second-order valence-corrected chi connectivity index (χ2v) is 11.6. The largest absolute Gasteiger partial charge is 0.352 e. The van der Waals surface area contributed by atoms with E-state index in [4.69, 9.17) is 0 Å². The summed E-state index contributed by atoms with van der Waals surface area (Å²) in [5.74, 6) is -0.780. The Morgan fingerprint density at radius 2 is 1.58 bits per heavy atom. The van der Waals surface area contributed by atoms with Crippen LogP contribution in [0.1, 0.15) is 41.3 Å². The van der Waals surface area contributed by atoms with Crippen molar-refractivity contribution < 1.29 is 9.59 Å². The number of nitrogens with one attached hydrogen (secondary N) is 3. The zero-order valence-electron chi connectivity index (χ0n) is 24.5. The Kier molecular flexibility index (Phi) is 9.65. The molecule has 2 amide bonds. The maximum Gasteiger partial charge on any atom is 0.225 e. The van der Waals surface area contributed by atoms with Crippen LogP contribution in [0.5, 0.6) is 0 Å². The Morgan fingerprint density at radius 3 is 2.21 bits per heavy atom. The number of imidazole rings is 1. The first-order valence-electron chi connectivity index (χ1n) is 14.8. The third kappa shape index (κ3) is 7.97. The number of piperidine rings is 1. The molecule has 0 bridgehead atoms. The van der Waals surface area contributed by atoms with Crippen LogP contribution in [0.2, 0.25) is 0 Å². The van der Waals surface area contributed by atoms with E-state index in [9.17, 15) is 14.9 Å². The van der Waals surface area contributed by atoms with Crippen LogP contribution >= 0.6 is 0 Å². The van der Waals surface area contributed by atoms with Crippen molar-refractivity contribution in [3.05, 3.63) is 125 Å². The van der Waals surface area contributed by atoms with Crippen LogP contribution in [0.15, 0.2) is 97.5 Å². The van der Waals surface area contributed by atoms with Crippen molar-refractivity contribution in [3.63, 3.8) is 0 Å². The molecule has 8 nitrogen and oxygen atoms in total. The molecule has 0 spiro atoms. The summed E-state index contributed by atoms with van der Waals surface area (Å²) in [5.41, 5.74) is 3.87. The van der Waals surface area contributed by atoms with Gasteiger partial charge in [0, 0.05) is 32.6 Å². The van der Waals surface area contributed by atoms with Crippen LogP contribution in [0, 0.1) is 23.2 Å². The van der Waals surface area contributed by atoms with Crippen LogP contribution in [-0.2, 0) is 34.5 Å². The number of hydrogen-bond donors (Lipinski definition) is 3. The van der Waals surface area contributed by atoms with E-state index >= 15 is 0 Å². The zero-order valence-corrected chi connectivity index (χ0v) is 24.5. The number of carbonyl (C=O) groups is 2. The Balaban J connectivity index is 1.32. The average Bonchev–Trinajstić information content (AvgIpc) is 3.60. The first kappa shape index (κ1) is 29.7. The summed E-state index contributed by atoms with van der Waals surface area (Å²) >= 11 is 0. The van der Waals surface area contributed by atoms with Gasteiger partial charge in [-0.2, -0.15) is 5.26 Å². The van der Waals surface area contributed by atoms with E-state index in [0.717, 1.165) is 29.8 Å². The molecule has 1 saturated heterocycles. The Bertz CT molecular complexity index is 1520. The van der Waals surface area contributed by atoms with Gasteiger partial charge in [-0.3, -0.25) is 9.59 Å². The van der Waals surface area contributed by atoms with E-state index in [1.54, 1.807) is 24.7 Å². The fourth-order valence-electron chi connectivity index (χ4n) is 5.86. The summed E-state index contributed by atoms with van der Waals surface area (Å²) in [6, 6.07) is 29.7. The molecule has 1 aliphatic rings. The van der Waals surface area contributed by atoms with E-state index in [-0.39, 0.29) is 23.7 Å². The second-order valence-electron chi connectivity index (χ2n) is 11.6. The molecule has 220 valence electrons. The van der Waals surface area contributed by atoms with Crippen molar-refractivity contribution in [1.29, 1.82) is 5.26 Å². The third-order valence-corrected chi connectivity index (χ3v) is 8.27. The molecule has 43 heavy (non-hydrogen) atoms. The van der Waals surface area contributed by atoms with Crippen molar-refractivity contribution in [2.24, 2.45) is 11.8 Å². The number of H-pyrrole nitrogens is 1. The van der Waals surface area contributed by atoms with Crippen molar-refractivity contribution in [1.82, 2.24) is 25.5 Å². The maximum absolute atomic E-state index is 14.0. The molecule has 0 aliphatic carbocycles. The summed E-state index contributed by atoms with van der Waals surface area (Å²) in [5, 5.41) is 15.6.